The Morgan fingerprint density at radius 3 is 2.71 bits per heavy atom. The third-order valence-corrected chi connectivity index (χ3v) is 3.86. The maximum atomic E-state index is 3.36. The number of rotatable bonds is 3. The second-order valence-corrected chi connectivity index (χ2v) is 5.15. The lowest BCUT2D eigenvalue weighted by atomic mass is 9.89. The Morgan fingerprint density at radius 2 is 2.00 bits per heavy atom. The summed E-state index contributed by atoms with van der Waals surface area (Å²) in [6.45, 7) is 2.34. The molecule has 94 valence electrons. The largest absolute Gasteiger partial charge is 0.319 e. The smallest absolute Gasteiger partial charge is 0.0385 e. The normalized spacial score (nSPS) is 26.7. The molecular weight excluding hydrogens is 208 g/mol. The van der Waals surface area contributed by atoms with Crippen LogP contribution in [-0.2, 0) is 0 Å². The minimum atomic E-state index is 0.575. The molecule has 0 aliphatic carbocycles. The molecule has 0 amide bonds. The number of nitrogens with one attached hydrogen (secondary N) is 1. The molecule has 1 aromatic rings. The fraction of sp³-hybridized carbons (Fsp3) is 0.600. The van der Waals surface area contributed by atoms with Crippen LogP contribution < -0.4 is 5.32 Å². The van der Waals surface area contributed by atoms with Crippen LogP contribution in [0, 0.1) is 5.92 Å². The van der Waals surface area contributed by atoms with E-state index >= 15 is 0 Å². The Morgan fingerprint density at radius 1 is 1.24 bits per heavy atom. The third kappa shape index (κ3) is 3.08. The summed E-state index contributed by atoms with van der Waals surface area (Å²) in [5.74, 6) is 0.731. The van der Waals surface area contributed by atoms with Crippen LogP contribution >= 0.6 is 0 Å². The van der Waals surface area contributed by atoms with E-state index in [9.17, 15) is 0 Å². The van der Waals surface area contributed by atoms with Gasteiger partial charge in [0.2, 0.25) is 0 Å². The van der Waals surface area contributed by atoms with E-state index in [1.54, 1.807) is 0 Å². The summed E-state index contributed by atoms with van der Waals surface area (Å²) in [6.07, 6.45) is 4.03. The highest BCUT2D eigenvalue weighted by Gasteiger charge is 2.28. The van der Waals surface area contributed by atoms with Gasteiger partial charge in [-0.3, -0.25) is 4.90 Å². The maximum absolute atomic E-state index is 3.36. The zero-order valence-corrected chi connectivity index (χ0v) is 11.0. The maximum Gasteiger partial charge on any atom is 0.0385 e. The van der Waals surface area contributed by atoms with Crippen molar-refractivity contribution in [3.63, 3.8) is 0 Å². The quantitative estimate of drug-likeness (QED) is 0.862. The second kappa shape index (κ2) is 6.18. The second-order valence-electron chi connectivity index (χ2n) is 5.15. The van der Waals surface area contributed by atoms with Crippen LogP contribution in [-0.4, -0.2) is 32.1 Å². The van der Waals surface area contributed by atoms with Crippen LogP contribution in [0.1, 0.15) is 30.9 Å². The molecule has 2 nitrogen and oxygen atoms in total. The Kier molecular flexibility index (Phi) is 4.57. The zero-order valence-electron chi connectivity index (χ0n) is 11.0. The van der Waals surface area contributed by atoms with E-state index < -0.39 is 0 Å². The van der Waals surface area contributed by atoms with Gasteiger partial charge in [0, 0.05) is 6.04 Å². The lowest BCUT2D eigenvalue weighted by molar-refractivity contribution is 0.191. The first-order chi connectivity index (χ1) is 8.33. The summed E-state index contributed by atoms with van der Waals surface area (Å²) in [6, 6.07) is 11.5. The molecule has 2 heteroatoms. The summed E-state index contributed by atoms with van der Waals surface area (Å²) in [5, 5.41) is 3.36. The summed E-state index contributed by atoms with van der Waals surface area (Å²) in [4.78, 5) is 2.53. The highest BCUT2D eigenvalue weighted by molar-refractivity contribution is 5.20. The molecule has 2 rings (SSSR count). The fourth-order valence-electron chi connectivity index (χ4n) is 3.08. The number of benzene rings is 1. The molecule has 2 atom stereocenters. The van der Waals surface area contributed by atoms with Gasteiger partial charge in [-0.25, -0.2) is 0 Å². The molecule has 0 saturated carbocycles. The molecule has 1 heterocycles. The van der Waals surface area contributed by atoms with Crippen molar-refractivity contribution < 1.29 is 0 Å². The van der Waals surface area contributed by atoms with E-state index in [-0.39, 0.29) is 0 Å². The summed E-state index contributed by atoms with van der Waals surface area (Å²) < 4.78 is 0. The predicted molar refractivity (Wildman–Crippen MR) is 73.1 cm³/mol. The number of likely N-dealkylation sites (tertiary alicyclic amines) is 1. The number of hydrogen-bond donors (Lipinski definition) is 1. The summed E-state index contributed by atoms with van der Waals surface area (Å²) in [5.41, 5.74) is 1.47. The van der Waals surface area contributed by atoms with Crippen molar-refractivity contribution in [1.82, 2.24) is 10.2 Å². The first-order valence-electron chi connectivity index (χ1n) is 6.72. The van der Waals surface area contributed by atoms with E-state index in [0.717, 1.165) is 12.5 Å². The van der Waals surface area contributed by atoms with Crippen LogP contribution in [0.4, 0.5) is 0 Å². The van der Waals surface area contributed by atoms with Gasteiger partial charge in [0.25, 0.3) is 0 Å². The minimum Gasteiger partial charge on any atom is -0.319 e. The molecule has 1 aromatic carbocycles. The molecule has 1 aliphatic heterocycles. The van der Waals surface area contributed by atoms with Crippen LogP contribution in [0.25, 0.3) is 0 Å². The predicted octanol–water partition coefficient (Wildman–Crippen LogP) is 2.68. The van der Waals surface area contributed by atoms with Gasteiger partial charge in [0.15, 0.2) is 0 Å². The van der Waals surface area contributed by atoms with Gasteiger partial charge in [-0.2, -0.15) is 0 Å². The molecular formula is C15H24N2. The van der Waals surface area contributed by atoms with E-state index in [0.29, 0.717) is 6.04 Å². The van der Waals surface area contributed by atoms with Gasteiger partial charge in [-0.05, 0) is 51.5 Å². The molecule has 1 saturated heterocycles. The topological polar surface area (TPSA) is 15.3 Å². The van der Waals surface area contributed by atoms with Crippen molar-refractivity contribution in [3.05, 3.63) is 35.9 Å². The van der Waals surface area contributed by atoms with Crippen molar-refractivity contribution in [2.24, 2.45) is 5.92 Å². The van der Waals surface area contributed by atoms with E-state index in [2.05, 4.69) is 54.6 Å². The van der Waals surface area contributed by atoms with Crippen molar-refractivity contribution in [2.45, 2.75) is 25.3 Å². The van der Waals surface area contributed by atoms with Crippen molar-refractivity contribution >= 4 is 0 Å². The fourth-order valence-corrected chi connectivity index (χ4v) is 3.08. The average Bonchev–Trinajstić information content (AvgIpc) is 2.53. The molecule has 0 aromatic heterocycles. The lowest BCUT2D eigenvalue weighted by Gasteiger charge is -2.32. The summed E-state index contributed by atoms with van der Waals surface area (Å²) >= 11 is 0. The highest BCUT2D eigenvalue weighted by atomic mass is 15.1. The molecule has 0 spiro atoms. The molecule has 0 bridgehead atoms. The lowest BCUT2D eigenvalue weighted by Crippen LogP contribution is -2.33. The van der Waals surface area contributed by atoms with Gasteiger partial charge < -0.3 is 5.32 Å². The van der Waals surface area contributed by atoms with Crippen LogP contribution in [0.2, 0.25) is 0 Å². The van der Waals surface area contributed by atoms with Crippen molar-refractivity contribution in [1.29, 1.82) is 0 Å². The van der Waals surface area contributed by atoms with Gasteiger partial charge in [-0.1, -0.05) is 36.8 Å². The highest BCUT2D eigenvalue weighted by Crippen LogP contribution is 2.33. The molecule has 1 fully saturated rings. The minimum absolute atomic E-state index is 0.575. The summed E-state index contributed by atoms with van der Waals surface area (Å²) in [7, 11) is 4.33. The molecule has 0 radical (unpaired) electrons. The third-order valence-electron chi connectivity index (χ3n) is 3.86. The van der Waals surface area contributed by atoms with Gasteiger partial charge >= 0.3 is 0 Å². The number of hydrogen-bond acceptors (Lipinski definition) is 2. The van der Waals surface area contributed by atoms with Crippen LogP contribution in [0.3, 0.4) is 0 Å². The monoisotopic (exact) mass is 232 g/mol. The van der Waals surface area contributed by atoms with E-state index in [1.807, 2.05) is 0 Å². The Bertz CT molecular complexity index is 323. The van der Waals surface area contributed by atoms with E-state index in [1.165, 1.54) is 31.4 Å². The first-order valence-corrected chi connectivity index (χ1v) is 6.72. The Labute approximate surface area is 105 Å². The average molecular weight is 232 g/mol. The van der Waals surface area contributed by atoms with Gasteiger partial charge in [-0.15, -0.1) is 0 Å². The number of nitrogens with zero attached hydrogens (tertiary/aromatic N) is 1. The molecule has 17 heavy (non-hydrogen) atoms. The molecule has 1 aliphatic rings. The van der Waals surface area contributed by atoms with Gasteiger partial charge in [0.05, 0.1) is 0 Å². The van der Waals surface area contributed by atoms with E-state index in [4.69, 9.17) is 0 Å². The Balaban J connectivity index is 2.23. The van der Waals surface area contributed by atoms with Crippen LogP contribution in [0.5, 0.6) is 0 Å². The van der Waals surface area contributed by atoms with Gasteiger partial charge in [0.1, 0.15) is 0 Å². The Hall–Kier alpha value is -0.860. The van der Waals surface area contributed by atoms with Crippen LogP contribution in [0.15, 0.2) is 30.3 Å². The SMILES string of the molecule is CNCC1CCCCN(C)C1c1ccccc1. The standard InChI is InChI=1S/C15H24N2/c1-16-12-14-10-6-7-11-17(2)15(14)13-8-4-3-5-9-13/h3-5,8-9,14-16H,6-7,10-12H2,1-2H3. The molecule has 1 N–H and O–H groups in total. The van der Waals surface area contributed by atoms with Crippen molar-refractivity contribution in [3.8, 4) is 0 Å². The van der Waals surface area contributed by atoms with Crippen molar-refractivity contribution in [2.75, 3.05) is 27.2 Å². The zero-order chi connectivity index (χ0) is 12.1. The first kappa shape index (κ1) is 12.6. The molecule has 2 unspecified atom stereocenters.